The van der Waals surface area contributed by atoms with E-state index in [2.05, 4.69) is 23.5 Å². The summed E-state index contributed by atoms with van der Waals surface area (Å²) in [5.41, 5.74) is 1.87. The van der Waals surface area contributed by atoms with Crippen LogP contribution in [-0.2, 0) is 10.0 Å². The van der Waals surface area contributed by atoms with Gasteiger partial charge >= 0.3 is 0 Å². The quantitative estimate of drug-likeness (QED) is 0.632. The van der Waals surface area contributed by atoms with E-state index >= 15 is 0 Å². The molecule has 3 nitrogen and oxygen atoms in total. The van der Waals surface area contributed by atoms with Crippen molar-refractivity contribution in [2.45, 2.75) is 44.0 Å². The molecule has 0 amide bonds. The largest absolute Gasteiger partial charge is 0.241 e. The van der Waals surface area contributed by atoms with Crippen LogP contribution in [-0.4, -0.2) is 8.42 Å². The second kappa shape index (κ2) is 8.68. The first-order chi connectivity index (χ1) is 11.5. The average Bonchev–Trinajstić information content (AvgIpc) is 2.59. The first-order valence-electron chi connectivity index (χ1n) is 8.15. The number of unbranched alkanes of at least 4 members (excludes halogenated alkanes) is 2. The second-order valence-corrected chi connectivity index (χ2v) is 7.42. The third-order valence-corrected chi connectivity index (χ3v) is 5.08. The van der Waals surface area contributed by atoms with Crippen LogP contribution in [0, 0.1) is 18.8 Å². The summed E-state index contributed by atoms with van der Waals surface area (Å²) >= 11 is 0. The van der Waals surface area contributed by atoms with E-state index in [0.717, 1.165) is 30.4 Å². The summed E-state index contributed by atoms with van der Waals surface area (Å²) in [5, 5.41) is 0. The fourth-order valence-electron chi connectivity index (χ4n) is 2.21. The summed E-state index contributed by atoms with van der Waals surface area (Å²) in [6.45, 7) is 4.03. The van der Waals surface area contributed by atoms with E-state index in [1.165, 1.54) is 0 Å². The lowest BCUT2D eigenvalue weighted by Gasteiger charge is -2.14. The van der Waals surface area contributed by atoms with E-state index in [4.69, 9.17) is 0 Å². The molecule has 2 rings (SSSR count). The third kappa shape index (κ3) is 5.23. The molecule has 0 bridgehead atoms. The number of sulfonamides is 1. The molecule has 0 fully saturated rings. The van der Waals surface area contributed by atoms with Crippen LogP contribution in [0.15, 0.2) is 59.5 Å². The molecule has 0 saturated carbocycles. The zero-order valence-electron chi connectivity index (χ0n) is 14.1. The molecule has 1 N–H and O–H groups in total. The molecular formula is C20H23NO2S. The van der Waals surface area contributed by atoms with E-state index in [-0.39, 0.29) is 4.90 Å². The molecule has 0 aliphatic carbocycles. The van der Waals surface area contributed by atoms with Crippen molar-refractivity contribution in [1.29, 1.82) is 0 Å². The Labute approximate surface area is 145 Å². The summed E-state index contributed by atoms with van der Waals surface area (Å²) in [7, 11) is -3.62. The van der Waals surface area contributed by atoms with Crippen molar-refractivity contribution in [2.24, 2.45) is 0 Å². The van der Waals surface area contributed by atoms with Crippen LogP contribution < -0.4 is 4.72 Å². The van der Waals surface area contributed by atoms with Gasteiger partial charge in [0.05, 0.1) is 4.90 Å². The van der Waals surface area contributed by atoms with Crippen molar-refractivity contribution in [2.75, 3.05) is 0 Å². The van der Waals surface area contributed by atoms with Gasteiger partial charge in [0, 0.05) is 6.42 Å². The van der Waals surface area contributed by atoms with Gasteiger partial charge in [-0.15, -0.1) is 5.92 Å². The minimum atomic E-state index is -3.62. The molecule has 0 heterocycles. The van der Waals surface area contributed by atoms with Crippen LogP contribution in [0.5, 0.6) is 0 Å². The zero-order chi connectivity index (χ0) is 17.4. The van der Waals surface area contributed by atoms with Gasteiger partial charge in [-0.05, 0) is 31.0 Å². The van der Waals surface area contributed by atoms with Gasteiger partial charge in [-0.25, -0.2) is 8.42 Å². The predicted molar refractivity (Wildman–Crippen MR) is 98.0 cm³/mol. The van der Waals surface area contributed by atoms with E-state index in [1.54, 1.807) is 24.3 Å². The summed E-state index contributed by atoms with van der Waals surface area (Å²) < 4.78 is 28.0. The Bertz CT molecular complexity index is 800. The van der Waals surface area contributed by atoms with Gasteiger partial charge in [0.1, 0.15) is 6.04 Å². The number of rotatable bonds is 6. The molecular weight excluding hydrogens is 318 g/mol. The van der Waals surface area contributed by atoms with Gasteiger partial charge in [0.2, 0.25) is 10.0 Å². The van der Waals surface area contributed by atoms with Gasteiger partial charge < -0.3 is 0 Å². The smallest absolute Gasteiger partial charge is 0.207 e. The van der Waals surface area contributed by atoms with Crippen LogP contribution in [0.2, 0.25) is 0 Å². The lowest BCUT2D eigenvalue weighted by Crippen LogP contribution is -2.27. The maximum atomic E-state index is 12.6. The Morgan fingerprint density at radius 1 is 1.04 bits per heavy atom. The zero-order valence-corrected chi connectivity index (χ0v) is 14.9. The van der Waals surface area contributed by atoms with Crippen molar-refractivity contribution in [3.05, 3.63) is 65.7 Å². The number of hydrogen-bond donors (Lipinski definition) is 1. The summed E-state index contributed by atoms with van der Waals surface area (Å²) in [4.78, 5) is 0.254. The SMILES string of the molecule is CCCCC#C[C@@H](NS(=O)(=O)c1ccc(C)cc1)c1ccccc1. The van der Waals surface area contributed by atoms with Crippen LogP contribution in [0.25, 0.3) is 0 Å². The maximum Gasteiger partial charge on any atom is 0.241 e. The van der Waals surface area contributed by atoms with E-state index in [1.807, 2.05) is 37.3 Å². The molecule has 0 aliphatic heterocycles. The molecule has 0 unspecified atom stereocenters. The molecule has 126 valence electrons. The Kier molecular flexibility index (Phi) is 6.60. The summed E-state index contributed by atoms with van der Waals surface area (Å²) in [5.74, 6) is 6.16. The van der Waals surface area contributed by atoms with Gasteiger partial charge in [-0.1, -0.05) is 67.3 Å². The Balaban J connectivity index is 2.26. The molecule has 0 spiro atoms. The minimum absolute atomic E-state index is 0.254. The van der Waals surface area contributed by atoms with Crippen molar-refractivity contribution in [3.63, 3.8) is 0 Å². The summed E-state index contributed by atoms with van der Waals surface area (Å²) in [6.07, 6.45) is 2.85. The van der Waals surface area contributed by atoms with E-state index in [9.17, 15) is 8.42 Å². The minimum Gasteiger partial charge on any atom is -0.207 e. The Morgan fingerprint density at radius 3 is 2.33 bits per heavy atom. The van der Waals surface area contributed by atoms with Gasteiger partial charge in [0.15, 0.2) is 0 Å². The highest BCUT2D eigenvalue weighted by atomic mass is 32.2. The highest BCUT2D eigenvalue weighted by Crippen LogP contribution is 2.17. The van der Waals surface area contributed by atoms with Crippen LogP contribution in [0.4, 0.5) is 0 Å². The topological polar surface area (TPSA) is 46.2 Å². The monoisotopic (exact) mass is 341 g/mol. The molecule has 0 radical (unpaired) electrons. The summed E-state index contributed by atoms with van der Waals surface area (Å²) in [6, 6.07) is 15.7. The first kappa shape index (κ1) is 18.3. The molecule has 0 saturated heterocycles. The van der Waals surface area contributed by atoms with E-state index in [0.29, 0.717) is 0 Å². The number of benzene rings is 2. The lowest BCUT2D eigenvalue weighted by molar-refractivity contribution is 0.576. The van der Waals surface area contributed by atoms with Crippen molar-refractivity contribution in [3.8, 4) is 11.8 Å². The standard InChI is InChI=1S/C20H23NO2S/c1-3-4-5-9-12-20(18-10-7-6-8-11-18)21-24(22,23)19-15-13-17(2)14-16-19/h6-8,10-11,13-16,20-21H,3-5H2,1-2H3/t20-/m1/s1. The van der Waals surface area contributed by atoms with Crippen LogP contribution in [0.1, 0.15) is 43.4 Å². The van der Waals surface area contributed by atoms with Crippen LogP contribution in [0.3, 0.4) is 0 Å². The Hall–Kier alpha value is -2.09. The molecule has 2 aromatic carbocycles. The van der Waals surface area contributed by atoms with Crippen molar-refractivity contribution < 1.29 is 8.42 Å². The third-order valence-electron chi connectivity index (χ3n) is 3.64. The molecule has 0 aliphatic rings. The van der Waals surface area contributed by atoms with Gasteiger partial charge in [-0.3, -0.25) is 0 Å². The lowest BCUT2D eigenvalue weighted by atomic mass is 10.1. The number of hydrogen-bond acceptors (Lipinski definition) is 2. The van der Waals surface area contributed by atoms with E-state index < -0.39 is 16.1 Å². The fourth-order valence-corrected chi connectivity index (χ4v) is 3.34. The average molecular weight is 341 g/mol. The normalized spacial score (nSPS) is 12.2. The fraction of sp³-hybridized carbons (Fsp3) is 0.300. The number of aryl methyl sites for hydroxylation is 1. The molecule has 4 heteroatoms. The highest BCUT2D eigenvalue weighted by Gasteiger charge is 2.19. The van der Waals surface area contributed by atoms with Crippen molar-refractivity contribution >= 4 is 10.0 Å². The van der Waals surface area contributed by atoms with Crippen LogP contribution >= 0.6 is 0 Å². The molecule has 1 atom stereocenters. The number of nitrogens with one attached hydrogen (secondary N) is 1. The van der Waals surface area contributed by atoms with Gasteiger partial charge in [0.25, 0.3) is 0 Å². The van der Waals surface area contributed by atoms with Gasteiger partial charge in [-0.2, -0.15) is 4.72 Å². The molecule has 0 aromatic heterocycles. The second-order valence-electron chi connectivity index (χ2n) is 5.70. The highest BCUT2D eigenvalue weighted by molar-refractivity contribution is 7.89. The molecule has 24 heavy (non-hydrogen) atoms. The maximum absolute atomic E-state index is 12.6. The first-order valence-corrected chi connectivity index (χ1v) is 9.63. The molecule has 2 aromatic rings. The predicted octanol–water partition coefficient (Wildman–Crippen LogP) is 4.21. The Morgan fingerprint density at radius 2 is 1.71 bits per heavy atom. The van der Waals surface area contributed by atoms with Crippen molar-refractivity contribution in [1.82, 2.24) is 4.72 Å².